The normalized spacial score (nSPS) is 22.6. The van der Waals surface area contributed by atoms with Gasteiger partial charge in [-0.15, -0.1) is 0 Å². The summed E-state index contributed by atoms with van der Waals surface area (Å²) < 4.78 is 10.8. The van der Waals surface area contributed by atoms with Gasteiger partial charge in [-0.25, -0.2) is 0 Å². The van der Waals surface area contributed by atoms with Crippen molar-refractivity contribution in [2.75, 3.05) is 32.9 Å². The van der Waals surface area contributed by atoms with Crippen molar-refractivity contribution in [2.24, 2.45) is 0 Å². The molecule has 2 saturated heterocycles. The lowest BCUT2D eigenvalue weighted by Gasteiger charge is -2.27. The van der Waals surface area contributed by atoms with Gasteiger partial charge in [0.25, 0.3) is 0 Å². The minimum absolute atomic E-state index is 0.0127. The van der Waals surface area contributed by atoms with Crippen molar-refractivity contribution in [1.82, 2.24) is 10.2 Å². The average molecular weight is 304 g/mol. The van der Waals surface area contributed by atoms with E-state index >= 15 is 0 Å². The van der Waals surface area contributed by atoms with Gasteiger partial charge in [0.1, 0.15) is 6.10 Å². The third-order valence-corrected chi connectivity index (χ3v) is 4.29. The number of rotatable bonds is 5. The lowest BCUT2D eigenvalue weighted by atomic mass is 10.1. The van der Waals surface area contributed by atoms with E-state index in [0.717, 1.165) is 45.7 Å². The predicted octanol–water partition coefficient (Wildman–Crippen LogP) is 1.31. The maximum atomic E-state index is 12.1. The number of nitrogens with zero attached hydrogens (tertiary/aromatic N) is 1. The Kier molecular flexibility index (Phi) is 5.43. The van der Waals surface area contributed by atoms with Crippen molar-refractivity contribution in [1.29, 1.82) is 0 Å². The summed E-state index contributed by atoms with van der Waals surface area (Å²) in [5.41, 5.74) is 2.46. The summed E-state index contributed by atoms with van der Waals surface area (Å²) in [6.07, 6.45) is 1.55. The highest BCUT2D eigenvalue weighted by Gasteiger charge is 2.23. The number of morpholine rings is 1. The second-order valence-electron chi connectivity index (χ2n) is 5.88. The molecule has 2 heterocycles. The third-order valence-electron chi connectivity index (χ3n) is 4.29. The molecule has 1 unspecified atom stereocenters. The largest absolute Gasteiger partial charge is 0.379 e. The van der Waals surface area contributed by atoms with Crippen LogP contribution in [-0.2, 0) is 27.4 Å². The molecule has 0 radical (unpaired) electrons. The molecule has 22 heavy (non-hydrogen) atoms. The summed E-state index contributed by atoms with van der Waals surface area (Å²) in [5, 5.41) is 3.01. The third kappa shape index (κ3) is 4.06. The second kappa shape index (κ2) is 7.72. The van der Waals surface area contributed by atoms with Crippen molar-refractivity contribution in [3.8, 4) is 0 Å². The van der Waals surface area contributed by atoms with Gasteiger partial charge in [0.15, 0.2) is 0 Å². The summed E-state index contributed by atoms with van der Waals surface area (Å²) in [5.74, 6) is 0.0127. The molecule has 1 atom stereocenters. The van der Waals surface area contributed by atoms with Gasteiger partial charge < -0.3 is 14.8 Å². The van der Waals surface area contributed by atoms with E-state index < -0.39 is 0 Å². The summed E-state index contributed by atoms with van der Waals surface area (Å²) in [7, 11) is 0. The van der Waals surface area contributed by atoms with Crippen LogP contribution in [0, 0.1) is 0 Å². The standard InChI is InChI=1S/C17H24N2O3/c20-17(16-6-3-9-22-16)18-12-14-4-1-2-5-15(14)13-19-7-10-21-11-8-19/h1-2,4-5,16H,3,6-13H2,(H,18,20). The minimum atomic E-state index is -0.258. The Labute approximate surface area is 131 Å². The molecule has 2 aliphatic heterocycles. The molecule has 120 valence electrons. The number of nitrogens with one attached hydrogen (secondary N) is 1. The van der Waals surface area contributed by atoms with Gasteiger partial charge in [0, 0.05) is 32.8 Å². The quantitative estimate of drug-likeness (QED) is 0.891. The summed E-state index contributed by atoms with van der Waals surface area (Å²) >= 11 is 0. The van der Waals surface area contributed by atoms with Gasteiger partial charge in [-0.1, -0.05) is 24.3 Å². The molecule has 0 aromatic heterocycles. The van der Waals surface area contributed by atoms with Gasteiger partial charge in [0.05, 0.1) is 13.2 Å². The van der Waals surface area contributed by atoms with E-state index in [2.05, 4.69) is 28.4 Å². The van der Waals surface area contributed by atoms with Crippen LogP contribution in [0.5, 0.6) is 0 Å². The number of hydrogen-bond acceptors (Lipinski definition) is 4. The minimum Gasteiger partial charge on any atom is -0.379 e. The fourth-order valence-electron chi connectivity index (χ4n) is 2.96. The number of benzene rings is 1. The van der Waals surface area contributed by atoms with E-state index in [-0.39, 0.29) is 12.0 Å². The van der Waals surface area contributed by atoms with Crippen LogP contribution in [-0.4, -0.2) is 49.8 Å². The highest BCUT2D eigenvalue weighted by atomic mass is 16.5. The number of ether oxygens (including phenoxy) is 2. The summed E-state index contributed by atoms with van der Waals surface area (Å²) in [6.45, 7) is 5.73. The second-order valence-corrected chi connectivity index (χ2v) is 5.88. The van der Waals surface area contributed by atoms with Crippen LogP contribution in [0.2, 0.25) is 0 Å². The Morgan fingerprint density at radius 2 is 1.95 bits per heavy atom. The molecule has 1 aromatic rings. The number of amides is 1. The Balaban J connectivity index is 1.57. The average Bonchev–Trinajstić information content (AvgIpc) is 3.09. The molecule has 0 spiro atoms. The molecule has 2 fully saturated rings. The van der Waals surface area contributed by atoms with Crippen molar-refractivity contribution >= 4 is 5.91 Å². The first-order valence-electron chi connectivity index (χ1n) is 8.09. The van der Waals surface area contributed by atoms with Crippen molar-refractivity contribution in [2.45, 2.75) is 32.0 Å². The summed E-state index contributed by atoms with van der Waals surface area (Å²) in [6, 6.07) is 8.31. The molecule has 0 aliphatic carbocycles. The van der Waals surface area contributed by atoms with Crippen LogP contribution in [0.4, 0.5) is 0 Å². The molecular weight excluding hydrogens is 280 g/mol. The van der Waals surface area contributed by atoms with Gasteiger partial charge in [-0.05, 0) is 24.0 Å². The Morgan fingerprint density at radius 1 is 1.18 bits per heavy atom. The van der Waals surface area contributed by atoms with Crippen LogP contribution in [0.3, 0.4) is 0 Å². The Bertz CT molecular complexity index is 494. The molecule has 2 aliphatic rings. The van der Waals surface area contributed by atoms with Crippen LogP contribution < -0.4 is 5.32 Å². The van der Waals surface area contributed by atoms with Gasteiger partial charge in [0.2, 0.25) is 5.91 Å². The lowest BCUT2D eigenvalue weighted by Crippen LogP contribution is -2.36. The van der Waals surface area contributed by atoms with Crippen LogP contribution in [0.25, 0.3) is 0 Å². The molecule has 0 bridgehead atoms. The number of carbonyl (C=O) groups is 1. The molecule has 0 saturated carbocycles. The molecular formula is C17H24N2O3. The molecule has 1 amide bonds. The fourth-order valence-corrected chi connectivity index (χ4v) is 2.96. The van der Waals surface area contributed by atoms with E-state index in [1.165, 1.54) is 11.1 Å². The van der Waals surface area contributed by atoms with E-state index in [9.17, 15) is 4.79 Å². The lowest BCUT2D eigenvalue weighted by molar-refractivity contribution is -0.130. The fraction of sp³-hybridized carbons (Fsp3) is 0.588. The van der Waals surface area contributed by atoms with Crippen LogP contribution in [0.1, 0.15) is 24.0 Å². The number of carbonyl (C=O) groups excluding carboxylic acids is 1. The molecule has 1 N–H and O–H groups in total. The van der Waals surface area contributed by atoms with Crippen molar-refractivity contribution < 1.29 is 14.3 Å². The van der Waals surface area contributed by atoms with E-state index in [1.807, 2.05) is 6.07 Å². The highest BCUT2D eigenvalue weighted by molar-refractivity contribution is 5.80. The first kappa shape index (κ1) is 15.5. The van der Waals surface area contributed by atoms with Gasteiger partial charge in [-0.2, -0.15) is 0 Å². The zero-order valence-electron chi connectivity index (χ0n) is 12.9. The topological polar surface area (TPSA) is 50.8 Å². The predicted molar refractivity (Wildman–Crippen MR) is 83.4 cm³/mol. The Hall–Kier alpha value is -1.43. The first-order valence-corrected chi connectivity index (χ1v) is 8.09. The van der Waals surface area contributed by atoms with Gasteiger partial charge >= 0.3 is 0 Å². The SMILES string of the molecule is O=C(NCc1ccccc1CN1CCOCC1)C1CCCO1. The number of hydrogen-bond donors (Lipinski definition) is 1. The van der Waals surface area contributed by atoms with Gasteiger partial charge in [-0.3, -0.25) is 9.69 Å². The zero-order chi connectivity index (χ0) is 15.2. The smallest absolute Gasteiger partial charge is 0.249 e. The first-order chi connectivity index (χ1) is 10.8. The van der Waals surface area contributed by atoms with E-state index in [4.69, 9.17) is 9.47 Å². The molecule has 3 rings (SSSR count). The molecule has 5 nitrogen and oxygen atoms in total. The van der Waals surface area contributed by atoms with Crippen LogP contribution in [0.15, 0.2) is 24.3 Å². The highest BCUT2D eigenvalue weighted by Crippen LogP contribution is 2.15. The Morgan fingerprint density at radius 3 is 2.68 bits per heavy atom. The van der Waals surface area contributed by atoms with E-state index in [1.54, 1.807) is 0 Å². The molecule has 5 heteroatoms. The monoisotopic (exact) mass is 304 g/mol. The summed E-state index contributed by atoms with van der Waals surface area (Å²) in [4.78, 5) is 14.4. The maximum Gasteiger partial charge on any atom is 0.249 e. The van der Waals surface area contributed by atoms with Crippen LogP contribution >= 0.6 is 0 Å². The maximum absolute atomic E-state index is 12.1. The molecule has 1 aromatic carbocycles. The van der Waals surface area contributed by atoms with Crippen molar-refractivity contribution in [3.05, 3.63) is 35.4 Å². The van der Waals surface area contributed by atoms with E-state index in [0.29, 0.717) is 13.2 Å². The van der Waals surface area contributed by atoms with Crippen molar-refractivity contribution in [3.63, 3.8) is 0 Å². The zero-order valence-corrected chi connectivity index (χ0v) is 12.9.